The molecule has 0 saturated carbocycles. The van der Waals surface area contributed by atoms with Gasteiger partial charge in [0.15, 0.2) is 11.5 Å². The lowest BCUT2D eigenvalue weighted by atomic mass is 10.4. The topological polar surface area (TPSA) is 88.9 Å². The molecule has 0 fully saturated rings. The van der Waals surface area contributed by atoms with Crippen LogP contribution in [0.25, 0.3) is 11.2 Å². The Morgan fingerprint density at radius 1 is 1.29 bits per heavy atom. The van der Waals surface area contributed by atoms with Crippen molar-refractivity contribution in [1.82, 2.24) is 19.9 Å². The van der Waals surface area contributed by atoms with Gasteiger partial charge in [-0.25, -0.2) is 0 Å². The highest BCUT2D eigenvalue weighted by Gasteiger charge is 2.27. The Balaban J connectivity index is 1.76. The van der Waals surface area contributed by atoms with Crippen LogP contribution in [0.1, 0.15) is 12.2 Å². The van der Waals surface area contributed by atoms with Gasteiger partial charge in [-0.05, 0) is 23.7 Å². The second-order valence-electron chi connectivity index (χ2n) is 4.73. The lowest BCUT2D eigenvalue weighted by Gasteiger charge is -2.05. The fourth-order valence-electron chi connectivity index (χ4n) is 1.89. The molecule has 128 valence electrons. The van der Waals surface area contributed by atoms with Gasteiger partial charge in [0, 0.05) is 0 Å². The summed E-state index contributed by atoms with van der Waals surface area (Å²) >= 11 is 5.83. The number of halogens is 4. The van der Waals surface area contributed by atoms with Crippen LogP contribution < -0.4 is 10.1 Å². The monoisotopic (exact) mass is 361 g/mol. The minimum absolute atomic E-state index is 0.0576. The van der Waals surface area contributed by atoms with Crippen molar-refractivity contribution in [3.05, 3.63) is 29.4 Å². The normalized spacial score (nSPS) is 11.8. The summed E-state index contributed by atoms with van der Waals surface area (Å²) in [4.78, 5) is 14.6. The molecule has 3 aromatic heterocycles. The summed E-state index contributed by atoms with van der Waals surface area (Å²) in [5, 5.41) is 2.93. The fourth-order valence-corrected chi connectivity index (χ4v) is 2.06. The molecule has 7 nitrogen and oxygen atoms in total. The van der Waals surface area contributed by atoms with E-state index in [0.29, 0.717) is 23.6 Å². The van der Waals surface area contributed by atoms with E-state index < -0.39 is 19.2 Å². The predicted octanol–water partition coefficient (Wildman–Crippen LogP) is 3.54. The van der Waals surface area contributed by atoms with Gasteiger partial charge in [0.05, 0.1) is 19.2 Å². The standard InChI is InChI=1S/C13H11ClF3N5O2/c14-11-20-9(18-6-7-2-1-4-23-7)8-10(21-11)22-12(19-8)24-5-3-13(15,16)17/h1-2,4H,3,5-6H2,(H2,18,19,20,21,22). The molecule has 0 aliphatic rings. The summed E-state index contributed by atoms with van der Waals surface area (Å²) in [6, 6.07) is 3.42. The maximum absolute atomic E-state index is 12.1. The highest BCUT2D eigenvalue weighted by molar-refractivity contribution is 6.28. The van der Waals surface area contributed by atoms with Crippen LogP contribution in [0.2, 0.25) is 5.28 Å². The van der Waals surface area contributed by atoms with Crippen LogP contribution in [-0.2, 0) is 6.54 Å². The molecule has 3 heterocycles. The van der Waals surface area contributed by atoms with Crippen LogP contribution in [0, 0.1) is 0 Å². The number of aromatic nitrogens is 4. The molecular formula is C13H11ClF3N5O2. The summed E-state index contributed by atoms with van der Waals surface area (Å²) in [7, 11) is 0. The van der Waals surface area contributed by atoms with Gasteiger partial charge in [-0.2, -0.15) is 28.1 Å². The number of nitrogens with one attached hydrogen (secondary N) is 2. The molecule has 0 aliphatic carbocycles. The number of alkyl halides is 3. The van der Waals surface area contributed by atoms with Gasteiger partial charge in [0.25, 0.3) is 6.01 Å². The number of anilines is 1. The molecule has 2 N–H and O–H groups in total. The zero-order chi connectivity index (χ0) is 17.2. The number of fused-ring (bicyclic) bond motifs is 1. The quantitative estimate of drug-likeness (QED) is 0.653. The van der Waals surface area contributed by atoms with Crippen LogP contribution in [0.5, 0.6) is 6.01 Å². The third-order valence-electron chi connectivity index (χ3n) is 2.94. The molecule has 0 atom stereocenters. The van der Waals surface area contributed by atoms with Crippen LogP contribution in [0.4, 0.5) is 19.0 Å². The summed E-state index contributed by atoms with van der Waals surface area (Å²) in [5.41, 5.74) is 0.548. The van der Waals surface area contributed by atoms with E-state index in [4.69, 9.17) is 20.8 Å². The molecule has 0 aliphatic heterocycles. The van der Waals surface area contributed by atoms with Gasteiger partial charge >= 0.3 is 6.18 Å². The highest BCUT2D eigenvalue weighted by Crippen LogP contribution is 2.24. The third kappa shape index (κ3) is 4.07. The number of hydrogen-bond acceptors (Lipinski definition) is 6. The third-order valence-corrected chi connectivity index (χ3v) is 3.11. The van der Waals surface area contributed by atoms with E-state index in [1.54, 1.807) is 12.1 Å². The van der Waals surface area contributed by atoms with Crippen LogP contribution >= 0.6 is 11.6 Å². The van der Waals surface area contributed by atoms with Crippen molar-refractivity contribution in [3.8, 4) is 6.01 Å². The zero-order valence-electron chi connectivity index (χ0n) is 12.0. The van der Waals surface area contributed by atoms with E-state index >= 15 is 0 Å². The largest absolute Gasteiger partial charge is 0.467 e. The molecule has 0 radical (unpaired) electrons. The first-order valence-corrected chi connectivity index (χ1v) is 7.17. The Morgan fingerprint density at radius 3 is 2.83 bits per heavy atom. The number of nitrogens with zero attached hydrogens (tertiary/aromatic N) is 3. The summed E-state index contributed by atoms with van der Waals surface area (Å²) < 4.78 is 46.6. The van der Waals surface area contributed by atoms with E-state index in [0.717, 1.165) is 0 Å². The maximum Gasteiger partial charge on any atom is 0.392 e. The maximum atomic E-state index is 12.1. The number of aromatic amines is 1. The molecule has 3 aromatic rings. The lowest BCUT2D eigenvalue weighted by Crippen LogP contribution is -2.13. The second-order valence-corrected chi connectivity index (χ2v) is 5.07. The van der Waals surface area contributed by atoms with E-state index in [9.17, 15) is 13.2 Å². The number of rotatable bonds is 6. The predicted molar refractivity (Wildman–Crippen MR) is 78.9 cm³/mol. The average Bonchev–Trinajstić information content (AvgIpc) is 3.12. The first-order valence-electron chi connectivity index (χ1n) is 6.80. The second kappa shape index (κ2) is 6.56. The van der Waals surface area contributed by atoms with E-state index in [1.165, 1.54) is 6.26 Å². The van der Waals surface area contributed by atoms with Crippen LogP contribution in [0.15, 0.2) is 22.8 Å². The van der Waals surface area contributed by atoms with E-state index in [2.05, 4.69) is 25.3 Å². The molecule has 24 heavy (non-hydrogen) atoms. The SMILES string of the molecule is FC(F)(F)CCOc1nc2nc(Cl)nc(NCc3ccco3)c2[nH]1. The van der Waals surface area contributed by atoms with Crippen molar-refractivity contribution in [1.29, 1.82) is 0 Å². The van der Waals surface area contributed by atoms with Gasteiger partial charge in [-0.3, -0.25) is 0 Å². The van der Waals surface area contributed by atoms with Crippen molar-refractivity contribution in [2.75, 3.05) is 11.9 Å². The first kappa shape index (κ1) is 16.4. The first-order chi connectivity index (χ1) is 11.4. The fraction of sp³-hybridized carbons (Fsp3) is 0.308. The Kier molecular flexibility index (Phi) is 4.47. The molecule has 3 rings (SSSR count). The number of H-pyrrole nitrogens is 1. The summed E-state index contributed by atoms with van der Waals surface area (Å²) in [6.07, 6.45) is -3.85. The molecule has 0 saturated heterocycles. The van der Waals surface area contributed by atoms with E-state index in [1.807, 2.05) is 0 Å². The Morgan fingerprint density at radius 2 is 2.12 bits per heavy atom. The number of ether oxygens (including phenoxy) is 1. The minimum atomic E-state index is -4.30. The zero-order valence-corrected chi connectivity index (χ0v) is 12.8. The Hall–Kier alpha value is -2.49. The molecule has 0 spiro atoms. The Bertz CT molecular complexity index is 819. The van der Waals surface area contributed by atoms with Crippen LogP contribution in [0.3, 0.4) is 0 Å². The van der Waals surface area contributed by atoms with Crippen molar-refractivity contribution in [3.63, 3.8) is 0 Å². The molecule has 0 bridgehead atoms. The van der Waals surface area contributed by atoms with Crippen LogP contribution in [-0.4, -0.2) is 32.7 Å². The summed E-state index contributed by atoms with van der Waals surface area (Å²) in [5.74, 6) is 0.999. The van der Waals surface area contributed by atoms with E-state index in [-0.39, 0.29) is 16.9 Å². The lowest BCUT2D eigenvalue weighted by molar-refractivity contribution is -0.139. The number of imidazole rings is 1. The molecule has 0 aromatic carbocycles. The van der Waals surface area contributed by atoms with Gasteiger partial charge < -0.3 is 19.5 Å². The van der Waals surface area contributed by atoms with Crippen molar-refractivity contribution in [2.45, 2.75) is 19.1 Å². The Labute approximate surface area is 138 Å². The highest BCUT2D eigenvalue weighted by atomic mass is 35.5. The molecule has 0 unspecified atom stereocenters. The average molecular weight is 362 g/mol. The summed E-state index contributed by atoms with van der Waals surface area (Å²) in [6.45, 7) is -0.224. The van der Waals surface area contributed by atoms with Crippen molar-refractivity contribution < 1.29 is 22.3 Å². The number of hydrogen-bond donors (Lipinski definition) is 2. The van der Waals surface area contributed by atoms with Gasteiger partial charge in [-0.15, -0.1) is 0 Å². The molecular weight excluding hydrogens is 351 g/mol. The van der Waals surface area contributed by atoms with Crippen molar-refractivity contribution in [2.24, 2.45) is 0 Å². The minimum Gasteiger partial charge on any atom is -0.467 e. The molecule has 11 heteroatoms. The van der Waals surface area contributed by atoms with Gasteiger partial charge in [0.1, 0.15) is 17.9 Å². The van der Waals surface area contributed by atoms with Gasteiger partial charge in [-0.1, -0.05) is 0 Å². The van der Waals surface area contributed by atoms with Crippen molar-refractivity contribution >= 4 is 28.6 Å². The molecule has 0 amide bonds. The smallest absolute Gasteiger partial charge is 0.392 e. The number of furan rings is 1. The van der Waals surface area contributed by atoms with Gasteiger partial charge in [0.2, 0.25) is 5.28 Å².